The van der Waals surface area contributed by atoms with E-state index in [1.807, 2.05) is 20.8 Å². The Bertz CT molecular complexity index is 720. The van der Waals surface area contributed by atoms with E-state index in [-0.39, 0.29) is 23.0 Å². The van der Waals surface area contributed by atoms with Crippen LogP contribution in [0, 0.1) is 0 Å². The highest BCUT2D eigenvalue weighted by molar-refractivity contribution is 5.93. The Morgan fingerprint density at radius 1 is 1.45 bits per heavy atom. The first-order valence-electron chi connectivity index (χ1n) is 6.53. The van der Waals surface area contributed by atoms with E-state index >= 15 is 0 Å². The fourth-order valence-electron chi connectivity index (χ4n) is 2.13. The number of carbonyl (C=O) groups is 1. The van der Waals surface area contributed by atoms with Crippen molar-refractivity contribution in [2.75, 3.05) is 6.61 Å². The predicted molar refractivity (Wildman–Crippen MR) is 76.0 cm³/mol. The summed E-state index contributed by atoms with van der Waals surface area (Å²) in [5, 5.41) is 4.85. The van der Waals surface area contributed by atoms with Gasteiger partial charge in [0, 0.05) is 18.7 Å². The molecule has 0 atom stereocenters. The summed E-state index contributed by atoms with van der Waals surface area (Å²) in [5.74, 6) is -0.612. The molecule has 0 fully saturated rings. The molecule has 1 N–H and O–H groups in total. The predicted octanol–water partition coefficient (Wildman–Crippen LogP) is 1.74. The van der Waals surface area contributed by atoms with E-state index in [0.717, 1.165) is 0 Å². The Labute approximate surface area is 116 Å². The number of nitrogens with zero attached hydrogens (tertiary/aromatic N) is 2. The molecule has 6 nitrogen and oxygen atoms in total. The summed E-state index contributed by atoms with van der Waals surface area (Å²) >= 11 is 0. The molecule has 0 saturated carbocycles. The monoisotopic (exact) mass is 277 g/mol. The third kappa shape index (κ3) is 2.21. The molecule has 20 heavy (non-hydrogen) atoms. The number of nitrogens with one attached hydrogen (secondary N) is 1. The number of fused-ring (bicyclic) bond motifs is 1. The van der Waals surface area contributed by atoms with Gasteiger partial charge in [-0.2, -0.15) is 5.10 Å². The maximum atomic E-state index is 12.6. The molecule has 0 saturated heterocycles. The maximum Gasteiger partial charge on any atom is 0.343 e. The van der Waals surface area contributed by atoms with E-state index in [1.165, 1.54) is 6.20 Å². The van der Waals surface area contributed by atoms with E-state index < -0.39 is 5.97 Å². The highest BCUT2D eigenvalue weighted by atomic mass is 16.5. The van der Waals surface area contributed by atoms with Crippen LogP contribution in [0.1, 0.15) is 43.7 Å². The minimum absolute atomic E-state index is 0.0119. The summed E-state index contributed by atoms with van der Waals surface area (Å²) in [4.78, 5) is 27.3. The van der Waals surface area contributed by atoms with Crippen LogP contribution in [0.3, 0.4) is 0 Å². The summed E-state index contributed by atoms with van der Waals surface area (Å²) in [5.41, 5.74) is 0.656. The van der Waals surface area contributed by atoms with Crippen LogP contribution < -0.4 is 5.43 Å². The van der Waals surface area contributed by atoms with Gasteiger partial charge in [0.25, 0.3) is 0 Å². The zero-order valence-electron chi connectivity index (χ0n) is 12.4. The third-order valence-electron chi connectivity index (χ3n) is 3.08. The van der Waals surface area contributed by atoms with Gasteiger partial charge >= 0.3 is 5.97 Å². The van der Waals surface area contributed by atoms with Crippen LogP contribution >= 0.6 is 0 Å². The Hall–Kier alpha value is -2.11. The minimum atomic E-state index is -0.612. The first-order chi connectivity index (χ1) is 9.27. The van der Waals surface area contributed by atoms with Crippen LogP contribution in [0.5, 0.6) is 0 Å². The van der Waals surface area contributed by atoms with Crippen molar-refractivity contribution in [2.45, 2.75) is 33.1 Å². The van der Waals surface area contributed by atoms with Gasteiger partial charge < -0.3 is 9.72 Å². The lowest BCUT2D eigenvalue weighted by atomic mass is 9.90. The van der Waals surface area contributed by atoms with Gasteiger partial charge in [-0.05, 0) is 6.92 Å². The summed E-state index contributed by atoms with van der Waals surface area (Å²) in [6.45, 7) is 7.87. The molecule has 0 aromatic carbocycles. The van der Waals surface area contributed by atoms with Crippen molar-refractivity contribution in [3.63, 3.8) is 0 Å². The Morgan fingerprint density at radius 3 is 2.65 bits per heavy atom. The Kier molecular flexibility index (Phi) is 3.41. The van der Waals surface area contributed by atoms with Gasteiger partial charge in [0.2, 0.25) is 5.43 Å². The van der Waals surface area contributed by atoms with Gasteiger partial charge in [0.15, 0.2) is 0 Å². The van der Waals surface area contributed by atoms with Crippen molar-refractivity contribution < 1.29 is 9.53 Å². The van der Waals surface area contributed by atoms with Crippen molar-refractivity contribution in [2.24, 2.45) is 7.05 Å². The lowest BCUT2D eigenvalue weighted by Crippen LogP contribution is -2.21. The molecule has 0 unspecified atom stereocenters. The van der Waals surface area contributed by atoms with Gasteiger partial charge in [0.05, 0.1) is 17.7 Å². The molecule has 108 valence electrons. The van der Waals surface area contributed by atoms with Gasteiger partial charge in [-0.25, -0.2) is 4.79 Å². The molecular formula is C14H19N3O3. The molecule has 0 spiro atoms. The molecule has 0 aliphatic carbocycles. The molecule has 0 bridgehead atoms. The molecule has 2 aromatic heterocycles. The molecule has 2 heterocycles. The quantitative estimate of drug-likeness (QED) is 0.848. The number of esters is 1. The third-order valence-corrected chi connectivity index (χ3v) is 3.08. The van der Waals surface area contributed by atoms with Crippen LogP contribution in [0.25, 0.3) is 11.0 Å². The maximum absolute atomic E-state index is 12.6. The standard InChI is InChI=1S/C14H19N3O3/c1-6-20-13(19)8-7-15-12-9(10(8)18)11(14(2,3)4)16-17(12)5/h7H,6H2,1-5H3,(H,15,18). The number of H-pyrrole nitrogens is 1. The number of hydrogen-bond donors (Lipinski definition) is 1. The molecule has 0 aliphatic rings. The van der Waals surface area contributed by atoms with E-state index in [2.05, 4.69) is 10.1 Å². The van der Waals surface area contributed by atoms with Crippen molar-refractivity contribution in [1.82, 2.24) is 14.8 Å². The van der Waals surface area contributed by atoms with E-state index in [4.69, 9.17) is 4.74 Å². The van der Waals surface area contributed by atoms with Gasteiger partial charge in [-0.15, -0.1) is 0 Å². The smallest absolute Gasteiger partial charge is 0.343 e. The molecule has 0 amide bonds. The summed E-state index contributed by atoms with van der Waals surface area (Å²) in [6.07, 6.45) is 1.39. The zero-order valence-corrected chi connectivity index (χ0v) is 12.4. The number of hydrogen-bond acceptors (Lipinski definition) is 4. The van der Waals surface area contributed by atoms with Gasteiger partial charge in [0.1, 0.15) is 11.2 Å². The second-order valence-corrected chi connectivity index (χ2v) is 5.70. The molecular weight excluding hydrogens is 258 g/mol. The second kappa shape index (κ2) is 4.77. The fourth-order valence-corrected chi connectivity index (χ4v) is 2.13. The van der Waals surface area contributed by atoms with Gasteiger partial charge in [-0.3, -0.25) is 9.48 Å². The first kappa shape index (κ1) is 14.3. The normalized spacial score (nSPS) is 11.8. The van der Waals surface area contributed by atoms with Crippen LogP contribution in [0.2, 0.25) is 0 Å². The van der Waals surface area contributed by atoms with Crippen molar-refractivity contribution in [3.8, 4) is 0 Å². The number of rotatable bonds is 2. The fraction of sp³-hybridized carbons (Fsp3) is 0.500. The summed E-state index contributed by atoms with van der Waals surface area (Å²) in [6, 6.07) is 0. The molecule has 2 rings (SSSR count). The van der Waals surface area contributed by atoms with Gasteiger partial charge in [-0.1, -0.05) is 20.8 Å². The number of aryl methyl sites for hydroxylation is 1. The lowest BCUT2D eigenvalue weighted by Gasteiger charge is -2.15. The molecule has 2 aromatic rings. The summed E-state index contributed by atoms with van der Waals surface area (Å²) < 4.78 is 6.52. The van der Waals surface area contributed by atoms with Crippen molar-refractivity contribution in [1.29, 1.82) is 0 Å². The highest BCUT2D eigenvalue weighted by Gasteiger charge is 2.26. The zero-order chi connectivity index (χ0) is 15.1. The van der Waals surface area contributed by atoms with Crippen molar-refractivity contribution >= 4 is 17.0 Å². The largest absolute Gasteiger partial charge is 0.462 e. The first-order valence-corrected chi connectivity index (χ1v) is 6.53. The number of pyridine rings is 1. The van der Waals surface area contributed by atoms with E-state index in [0.29, 0.717) is 16.7 Å². The average Bonchev–Trinajstić information content (AvgIpc) is 2.68. The Morgan fingerprint density at radius 2 is 2.10 bits per heavy atom. The number of aromatic amines is 1. The minimum Gasteiger partial charge on any atom is -0.462 e. The SMILES string of the molecule is CCOC(=O)c1c[nH]c2c(c(C(C)(C)C)nn2C)c1=O. The van der Waals surface area contributed by atoms with Crippen LogP contribution in [0.15, 0.2) is 11.0 Å². The number of carbonyl (C=O) groups excluding carboxylic acids is 1. The number of aromatic nitrogens is 3. The molecule has 6 heteroatoms. The summed E-state index contributed by atoms with van der Waals surface area (Å²) in [7, 11) is 1.76. The van der Waals surface area contributed by atoms with E-state index in [9.17, 15) is 9.59 Å². The number of ether oxygens (including phenoxy) is 1. The second-order valence-electron chi connectivity index (χ2n) is 5.70. The van der Waals surface area contributed by atoms with Crippen LogP contribution in [0.4, 0.5) is 0 Å². The highest BCUT2D eigenvalue weighted by Crippen LogP contribution is 2.26. The average molecular weight is 277 g/mol. The lowest BCUT2D eigenvalue weighted by molar-refractivity contribution is 0.0524. The molecule has 0 aliphatic heterocycles. The topological polar surface area (TPSA) is 77.0 Å². The van der Waals surface area contributed by atoms with Crippen LogP contribution in [-0.4, -0.2) is 27.3 Å². The molecule has 0 radical (unpaired) electrons. The Balaban J connectivity index is 2.78. The van der Waals surface area contributed by atoms with Crippen LogP contribution in [-0.2, 0) is 17.2 Å². The van der Waals surface area contributed by atoms with Crippen molar-refractivity contribution in [3.05, 3.63) is 27.7 Å². The van der Waals surface area contributed by atoms with E-state index in [1.54, 1.807) is 18.7 Å².